The molecule has 2 N–H and O–H groups in total. The maximum atomic E-state index is 11.8. The first-order valence-electron chi connectivity index (χ1n) is 4.68. The van der Waals surface area contributed by atoms with E-state index in [-0.39, 0.29) is 11.4 Å². The van der Waals surface area contributed by atoms with E-state index in [9.17, 15) is 8.42 Å². The summed E-state index contributed by atoms with van der Waals surface area (Å²) in [7, 11) is -1.66. The van der Waals surface area contributed by atoms with Crippen LogP contribution in [-0.2, 0) is 23.6 Å². The van der Waals surface area contributed by atoms with Gasteiger partial charge >= 0.3 is 0 Å². The first-order valence-corrected chi connectivity index (χ1v) is 6.16. The third-order valence-corrected chi connectivity index (χ3v) is 3.51. The quantitative estimate of drug-likeness (QED) is 0.802. The lowest BCUT2D eigenvalue weighted by atomic mass is 10.4. The van der Waals surface area contributed by atoms with Gasteiger partial charge in [0.05, 0.1) is 17.1 Å². The van der Waals surface area contributed by atoms with E-state index in [4.69, 9.17) is 0 Å². The molecular weight excluding hydrogens is 228 g/mol. The van der Waals surface area contributed by atoms with Crippen LogP contribution in [-0.4, -0.2) is 23.2 Å². The van der Waals surface area contributed by atoms with Gasteiger partial charge in [0, 0.05) is 25.6 Å². The number of aromatic nitrogens is 3. The second-order valence-electron chi connectivity index (χ2n) is 3.42. The Kier molecular flexibility index (Phi) is 2.80. The first-order chi connectivity index (χ1) is 7.58. The van der Waals surface area contributed by atoms with Gasteiger partial charge in [-0.05, 0) is 12.1 Å². The summed E-state index contributed by atoms with van der Waals surface area (Å²) in [5, 5.41) is 6.42. The average molecular weight is 240 g/mol. The molecule has 2 aromatic rings. The van der Waals surface area contributed by atoms with E-state index in [1.54, 1.807) is 42.3 Å². The number of nitrogens with zero attached hydrogens (tertiary/aromatic N) is 2. The summed E-state index contributed by atoms with van der Waals surface area (Å²) in [6.45, 7) is 0.206. The summed E-state index contributed by atoms with van der Waals surface area (Å²) >= 11 is 0. The van der Waals surface area contributed by atoms with Gasteiger partial charge in [0.25, 0.3) is 0 Å². The van der Waals surface area contributed by atoms with Crippen molar-refractivity contribution in [2.24, 2.45) is 7.05 Å². The molecule has 0 aliphatic heterocycles. The Hall–Kier alpha value is -1.60. The zero-order valence-electron chi connectivity index (χ0n) is 8.71. The molecule has 0 saturated heterocycles. The second-order valence-corrected chi connectivity index (χ2v) is 5.19. The van der Waals surface area contributed by atoms with Gasteiger partial charge in [0.15, 0.2) is 0 Å². The molecule has 0 fully saturated rings. The van der Waals surface area contributed by atoms with Crippen LogP contribution in [0.1, 0.15) is 5.69 Å². The van der Waals surface area contributed by atoms with Crippen molar-refractivity contribution in [3.63, 3.8) is 0 Å². The minimum Gasteiger partial charge on any atom is -0.356 e. The molecule has 2 rings (SSSR count). The van der Waals surface area contributed by atoms with Gasteiger partial charge < -0.3 is 4.57 Å². The Labute approximate surface area is 93.3 Å². The molecule has 2 aromatic heterocycles. The van der Waals surface area contributed by atoms with Crippen LogP contribution in [0.4, 0.5) is 0 Å². The number of sulfonamides is 1. The van der Waals surface area contributed by atoms with E-state index >= 15 is 0 Å². The van der Waals surface area contributed by atoms with E-state index in [0.717, 1.165) is 5.69 Å². The van der Waals surface area contributed by atoms with Crippen LogP contribution in [0.15, 0.2) is 35.6 Å². The fourth-order valence-corrected chi connectivity index (χ4v) is 2.33. The van der Waals surface area contributed by atoms with Crippen LogP contribution >= 0.6 is 0 Å². The van der Waals surface area contributed by atoms with Crippen molar-refractivity contribution in [3.8, 4) is 0 Å². The molecule has 0 saturated carbocycles. The largest absolute Gasteiger partial charge is 0.356 e. The molecule has 0 bridgehead atoms. The Bertz CT molecular complexity index is 556. The van der Waals surface area contributed by atoms with E-state index in [2.05, 4.69) is 14.9 Å². The molecule has 86 valence electrons. The van der Waals surface area contributed by atoms with Crippen LogP contribution in [0.25, 0.3) is 0 Å². The number of rotatable bonds is 4. The number of hydrogen-bond donors (Lipinski definition) is 2. The molecule has 6 nitrogen and oxygen atoms in total. The number of aromatic amines is 1. The van der Waals surface area contributed by atoms with E-state index in [1.807, 2.05) is 0 Å². The van der Waals surface area contributed by atoms with Crippen molar-refractivity contribution < 1.29 is 8.42 Å². The Morgan fingerprint density at radius 2 is 2.31 bits per heavy atom. The summed E-state index contributed by atoms with van der Waals surface area (Å²) in [6, 6.07) is 3.27. The molecule has 0 spiro atoms. The zero-order chi connectivity index (χ0) is 11.6. The van der Waals surface area contributed by atoms with Crippen molar-refractivity contribution in [1.82, 2.24) is 19.5 Å². The van der Waals surface area contributed by atoms with E-state index < -0.39 is 10.0 Å². The standard InChI is InChI=1S/C9H12N4O2S/c1-13-5-3-9(7-13)16(14,15)11-6-8-2-4-10-12-8/h2-5,7,11H,6H2,1H3,(H,10,12). The summed E-state index contributed by atoms with van der Waals surface area (Å²) in [5.41, 5.74) is 0.722. The smallest absolute Gasteiger partial charge is 0.242 e. The van der Waals surface area contributed by atoms with Gasteiger partial charge in [-0.1, -0.05) is 0 Å². The fourth-order valence-electron chi connectivity index (χ4n) is 1.28. The van der Waals surface area contributed by atoms with Crippen molar-refractivity contribution in [2.75, 3.05) is 0 Å². The highest BCUT2D eigenvalue weighted by Gasteiger charge is 2.14. The highest BCUT2D eigenvalue weighted by atomic mass is 32.2. The summed E-state index contributed by atoms with van der Waals surface area (Å²) in [5.74, 6) is 0. The third-order valence-electron chi connectivity index (χ3n) is 2.13. The highest BCUT2D eigenvalue weighted by Crippen LogP contribution is 2.08. The molecule has 7 heteroatoms. The van der Waals surface area contributed by atoms with Crippen molar-refractivity contribution in [1.29, 1.82) is 0 Å². The Morgan fingerprint density at radius 1 is 1.50 bits per heavy atom. The zero-order valence-corrected chi connectivity index (χ0v) is 9.53. The molecule has 0 amide bonds. The normalized spacial score (nSPS) is 11.8. The summed E-state index contributed by atoms with van der Waals surface area (Å²) < 4.78 is 27.7. The van der Waals surface area contributed by atoms with Crippen LogP contribution in [0.3, 0.4) is 0 Å². The molecule has 0 radical (unpaired) electrons. The van der Waals surface area contributed by atoms with Gasteiger partial charge in [-0.25, -0.2) is 13.1 Å². The molecular formula is C9H12N4O2S. The average Bonchev–Trinajstić information content (AvgIpc) is 2.85. The third kappa shape index (κ3) is 2.31. The molecule has 0 unspecified atom stereocenters. The lowest BCUT2D eigenvalue weighted by molar-refractivity contribution is 0.580. The fraction of sp³-hybridized carbons (Fsp3) is 0.222. The van der Waals surface area contributed by atoms with Crippen molar-refractivity contribution in [2.45, 2.75) is 11.4 Å². The number of H-pyrrole nitrogens is 1. The van der Waals surface area contributed by atoms with Crippen LogP contribution < -0.4 is 4.72 Å². The predicted molar refractivity (Wildman–Crippen MR) is 58.0 cm³/mol. The maximum Gasteiger partial charge on any atom is 0.242 e. The van der Waals surface area contributed by atoms with E-state index in [1.165, 1.54) is 0 Å². The lowest BCUT2D eigenvalue weighted by Crippen LogP contribution is -2.23. The van der Waals surface area contributed by atoms with Crippen molar-refractivity contribution >= 4 is 10.0 Å². The second kappa shape index (κ2) is 4.11. The van der Waals surface area contributed by atoms with Crippen LogP contribution in [0.5, 0.6) is 0 Å². The topological polar surface area (TPSA) is 79.8 Å². The van der Waals surface area contributed by atoms with Gasteiger partial charge in [-0.3, -0.25) is 5.10 Å². The minimum absolute atomic E-state index is 0.206. The van der Waals surface area contributed by atoms with Crippen molar-refractivity contribution in [3.05, 3.63) is 36.4 Å². The molecule has 0 aliphatic carbocycles. The van der Waals surface area contributed by atoms with Crippen LogP contribution in [0.2, 0.25) is 0 Å². The summed E-state index contributed by atoms with van der Waals surface area (Å²) in [4.78, 5) is 0.259. The number of hydrogen-bond acceptors (Lipinski definition) is 3. The van der Waals surface area contributed by atoms with Gasteiger partial charge in [-0.2, -0.15) is 5.10 Å². The maximum absolute atomic E-state index is 11.8. The predicted octanol–water partition coefficient (Wildman–Crippen LogP) is 0.227. The molecule has 0 aliphatic rings. The SMILES string of the molecule is Cn1ccc(S(=O)(=O)NCc2ccn[nH]2)c1. The number of aryl methyl sites for hydroxylation is 1. The molecule has 0 aromatic carbocycles. The monoisotopic (exact) mass is 240 g/mol. The van der Waals surface area contributed by atoms with E-state index in [0.29, 0.717) is 0 Å². The van der Waals surface area contributed by atoms with Gasteiger partial charge in [0.1, 0.15) is 0 Å². The highest BCUT2D eigenvalue weighted by molar-refractivity contribution is 7.89. The van der Waals surface area contributed by atoms with Crippen LogP contribution in [0, 0.1) is 0 Å². The molecule has 0 atom stereocenters. The molecule has 16 heavy (non-hydrogen) atoms. The van der Waals surface area contributed by atoms with Gasteiger partial charge in [0.2, 0.25) is 10.0 Å². The van der Waals surface area contributed by atoms with Gasteiger partial charge in [-0.15, -0.1) is 0 Å². The summed E-state index contributed by atoms with van der Waals surface area (Å²) in [6.07, 6.45) is 4.81. The lowest BCUT2D eigenvalue weighted by Gasteiger charge is -2.02. The molecule has 2 heterocycles. The Morgan fingerprint density at radius 3 is 2.88 bits per heavy atom. The first kappa shape index (κ1) is 10.9. The minimum atomic E-state index is -3.43. The Balaban J connectivity index is 2.09. The number of nitrogens with one attached hydrogen (secondary N) is 2.